The number of nitrogens with zero attached hydrogens (tertiary/aromatic N) is 1. The third-order valence-corrected chi connectivity index (χ3v) is 4.49. The van der Waals surface area contributed by atoms with E-state index in [1.54, 1.807) is 4.90 Å². The average molecular weight is 283 g/mol. The Labute approximate surface area is 119 Å². The summed E-state index contributed by atoms with van der Waals surface area (Å²) >= 11 is 0. The number of carboxylic acid groups (broad SMARTS) is 1. The second kappa shape index (κ2) is 6.92. The first-order chi connectivity index (χ1) is 9.58. The van der Waals surface area contributed by atoms with Gasteiger partial charge in [-0.15, -0.1) is 0 Å². The summed E-state index contributed by atoms with van der Waals surface area (Å²) in [5.41, 5.74) is 5.86. The lowest BCUT2D eigenvalue weighted by Crippen LogP contribution is -2.50. The summed E-state index contributed by atoms with van der Waals surface area (Å²) in [6, 6.07) is -0.0363. The molecule has 2 fully saturated rings. The van der Waals surface area contributed by atoms with Crippen LogP contribution in [-0.4, -0.2) is 47.7 Å². The lowest BCUT2D eigenvalue weighted by molar-refractivity contribution is -0.144. The maximum absolute atomic E-state index is 12.1. The number of hydrogen-bond donors (Lipinski definition) is 3. The summed E-state index contributed by atoms with van der Waals surface area (Å²) in [7, 11) is 0. The molecule has 1 aliphatic carbocycles. The molecule has 0 aromatic heterocycles. The Kier molecular flexibility index (Phi) is 5.23. The zero-order chi connectivity index (χ0) is 14.5. The van der Waals surface area contributed by atoms with Gasteiger partial charge in [-0.3, -0.25) is 4.79 Å². The van der Waals surface area contributed by atoms with Crippen molar-refractivity contribution in [2.75, 3.05) is 19.6 Å². The number of carbonyl (C=O) groups excluding carboxylic acids is 1. The van der Waals surface area contributed by atoms with Gasteiger partial charge >= 0.3 is 12.0 Å². The van der Waals surface area contributed by atoms with Crippen LogP contribution in [0.2, 0.25) is 0 Å². The summed E-state index contributed by atoms with van der Waals surface area (Å²) in [4.78, 5) is 25.0. The zero-order valence-corrected chi connectivity index (χ0v) is 11.9. The number of nitrogens with two attached hydrogens (primary N) is 1. The fraction of sp³-hybridized carbons (Fsp3) is 0.857. The number of rotatable bonds is 3. The normalized spacial score (nSPS) is 30.9. The van der Waals surface area contributed by atoms with Crippen molar-refractivity contribution in [2.45, 2.75) is 44.6 Å². The van der Waals surface area contributed by atoms with Crippen LogP contribution in [0.3, 0.4) is 0 Å². The van der Waals surface area contributed by atoms with Gasteiger partial charge in [0.1, 0.15) is 0 Å². The molecule has 0 spiro atoms. The van der Waals surface area contributed by atoms with Crippen LogP contribution in [0.5, 0.6) is 0 Å². The lowest BCUT2D eigenvalue weighted by atomic mass is 9.79. The fourth-order valence-electron chi connectivity index (χ4n) is 3.30. The molecule has 4 N–H and O–H groups in total. The van der Waals surface area contributed by atoms with Crippen LogP contribution in [-0.2, 0) is 4.79 Å². The molecule has 3 atom stereocenters. The van der Waals surface area contributed by atoms with Crippen molar-refractivity contribution in [3.63, 3.8) is 0 Å². The molecule has 0 aromatic carbocycles. The van der Waals surface area contributed by atoms with Gasteiger partial charge in [0.15, 0.2) is 0 Å². The molecule has 0 bridgehead atoms. The predicted molar refractivity (Wildman–Crippen MR) is 75.3 cm³/mol. The molecule has 1 saturated carbocycles. The van der Waals surface area contributed by atoms with Crippen molar-refractivity contribution < 1.29 is 14.7 Å². The highest BCUT2D eigenvalue weighted by Crippen LogP contribution is 2.29. The van der Waals surface area contributed by atoms with Crippen molar-refractivity contribution in [1.29, 1.82) is 0 Å². The van der Waals surface area contributed by atoms with Crippen LogP contribution in [0, 0.1) is 11.8 Å². The summed E-state index contributed by atoms with van der Waals surface area (Å²) in [5.74, 6) is -0.986. The summed E-state index contributed by atoms with van der Waals surface area (Å²) in [6.45, 7) is 1.80. The summed E-state index contributed by atoms with van der Waals surface area (Å²) < 4.78 is 0. The number of piperidine rings is 1. The smallest absolute Gasteiger partial charge is 0.317 e. The molecule has 2 aliphatic rings. The number of carbonyl (C=O) groups is 2. The summed E-state index contributed by atoms with van der Waals surface area (Å²) in [6.07, 6.45) is 5.55. The number of amides is 2. The number of urea groups is 1. The molecule has 114 valence electrons. The van der Waals surface area contributed by atoms with E-state index in [9.17, 15) is 14.7 Å². The minimum Gasteiger partial charge on any atom is -0.481 e. The highest BCUT2D eigenvalue weighted by Gasteiger charge is 2.31. The largest absolute Gasteiger partial charge is 0.481 e. The molecular formula is C14H25N3O3. The van der Waals surface area contributed by atoms with Gasteiger partial charge in [0.05, 0.1) is 5.92 Å². The molecule has 0 aromatic rings. The topological polar surface area (TPSA) is 95.7 Å². The molecular weight excluding hydrogens is 258 g/mol. The van der Waals surface area contributed by atoms with E-state index in [4.69, 9.17) is 5.73 Å². The molecule has 3 unspecified atom stereocenters. The van der Waals surface area contributed by atoms with Crippen molar-refractivity contribution in [3.05, 3.63) is 0 Å². The third kappa shape index (κ3) is 3.85. The average Bonchev–Trinajstić information content (AvgIpc) is 2.45. The first-order valence-electron chi connectivity index (χ1n) is 7.59. The Morgan fingerprint density at radius 2 is 1.95 bits per heavy atom. The summed E-state index contributed by atoms with van der Waals surface area (Å²) in [5, 5.41) is 12.1. The Morgan fingerprint density at radius 1 is 1.20 bits per heavy atom. The van der Waals surface area contributed by atoms with E-state index in [0.29, 0.717) is 13.1 Å². The molecule has 1 aliphatic heterocycles. The molecule has 20 heavy (non-hydrogen) atoms. The van der Waals surface area contributed by atoms with Crippen LogP contribution in [0.4, 0.5) is 4.79 Å². The van der Waals surface area contributed by atoms with E-state index in [2.05, 4.69) is 5.32 Å². The number of aliphatic carboxylic acids is 1. The number of carboxylic acids is 1. The molecule has 1 heterocycles. The minimum atomic E-state index is -0.732. The second-order valence-electron chi connectivity index (χ2n) is 6.02. The van der Waals surface area contributed by atoms with Crippen LogP contribution < -0.4 is 11.1 Å². The van der Waals surface area contributed by atoms with Crippen LogP contribution in [0.25, 0.3) is 0 Å². The number of likely N-dealkylation sites (tertiary alicyclic amines) is 1. The van der Waals surface area contributed by atoms with Crippen molar-refractivity contribution in [1.82, 2.24) is 10.2 Å². The van der Waals surface area contributed by atoms with Gasteiger partial charge in [-0.1, -0.05) is 12.8 Å². The first-order valence-corrected chi connectivity index (χ1v) is 7.59. The zero-order valence-electron chi connectivity index (χ0n) is 11.9. The van der Waals surface area contributed by atoms with Crippen LogP contribution in [0.15, 0.2) is 0 Å². The van der Waals surface area contributed by atoms with Gasteiger partial charge < -0.3 is 21.1 Å². The van der Waals surface area contributed by atoms with Gasteiger partial charge in [-0.05, 0) is 31.6 Å². The monoisotopic (exact) mass is 283 g/mol. The Morgan fingerprint density at radius 3 is 2.65 bits per heavy atom. The highest BCUT2D eigenvalue weighted by molar-refractivity contribution is 5.74. The predicted octanol–water partition coefficient (Wildman–Crippen LogP) is 1.01. The van der Waals surface area contributed by atoms with E-state index < -0.39 is 5.97 Å². The maximum atomic E-state index is 12.1. The highest BCUT2D eigenvalue weighted by atomic mass is 16.4. The van der Waals surface area contributed by atoms with Gasteiger partial charge in [0.25, 0.3) is 0 Å². The van der Waals surface area contributed by atoms with Crippen molar-refractivity contribution >= 4 is 12.0 Å². The Bertz CT molecular complexity index is 362. The van der Waals surface area contributed by atoms with E-state index >= 15 is 0 Å². The van der Waals surface area contributed by atoms with Crippen molar-refractivity contribution in [2.24, 2.45) is 17.6 Å². The van der Waals surface area contributed by atoms with Gasteiger partial charge in [0.2, 0.25) is 0 Å². The standard InChI is InChI=1S/C14H25N3O3/c15-11-5-3-7-17(9-11)14(20)16-8-10-4-1-2-6-12(10)13(18)19/h10-12H,1-9,15H2,(H,16,20)(H,18,19). The Balaban J connectivity index is 1.81. The fourth-order valence-corrected chi connectivity index (χ4v) is 3.30. The molecule has 0 radical (unpaired) electrons. The quantitative estimate of drug-likeness (QED) is 0.720. The third-order valence-electron chi connectivity index (χ3n) is 4.49. The maximum Gasteiger partial charge on any atom is 0.317 e. The van der Waals surface area contributed by atoms with E-state index in [-0.39, 0.29) is 23.9 Å². The Hall–Kier alpha value is -1.30. The van der Waals surface area contributed by atoms with Crippen LogP contribution in [0.1, 0.15) is 38.5 Å². The van der Waals surface area contributed by atoms with Gasteiger partial charge in [-0.25, -0.2) is 4.79 Å². The molecule has 2 amide bonds. The van der Waals surface area contributed by atoms with Gasteiger partial charge in [0, 0.05) is 25.7 Å². The first kappa shape index (κ1) is 15.1. The van der Waals surface area contributed by atoms with Crippen LogP contribution >= 0.6 is 0 Å². The SMILES string of the molecule is NC1CCCN(C(=O)NCC2CCCCC2C(=O)O)C1. The number of nitrogens with one attached hydrogen (secondary N) is 1. The minimum absolute atomic E-state index is 0.0589. The molecule has 2 rings (SSSR count). The van der Waals surface area contributed by atoms with E-state index in [1.807, 2.05) is 0 Å². The van der Waals surface area contributed by atoms with E-state index in [1.165, 1.54) is 0 Å². The molecule has 6 heteroatoms. The van der Waals surface area contributed by atoms with E-state index in [0.717, 1.165) is 45.1 Å². The molecule has 1 saturated heterocycles. The number of hydrogen-bond acceptors (Lipinski definition) is 3. The van der Waals surface area contributed by atoms with Gasteiger partial charge in [-0.2, -0.15) is 0 Å². The lowest BCUT2D eigenvalue weighted by Gasteiger charge is -2.33. The molecule has 6 nitrogen and oxygen atoms in total. The second-order valence-corrected chi connectivity index (χ2v) is 6.02. The van der Waals surface area contributed by atoms with Crippen molar-refractivity contribution in [3.8, 4) is 0 Å².